The molecular formula is C19H23N2O3+. The van der Waals surface area contributed by atoms with E-state index in [1.807, 2.05) is 30.3 Å². The van der Waals surface area contributed by atoms with Gasteiger partial charge in [0.2, 0.25) is 11.8 Å². The number of carbonyl (C=O) groups excluding carboxylic acids is 2. The lowest BCUT2D eigenvalue weighted by atomic mass is 9.74. The third-order valence-electron chi connectivity index (χ3n) is 6.83. The van der Waals surface area contributed by atoms with E-state index in [0.29, 0.717) is 19.3 Å². The van der Waals surface area contributed by atoms with Crippen LogP contribution in [0.1, 0.15) is 25.7 Å². The summed E-state index contributed by atoms with van der Waals surface area (Å²) in [5, 5.41) is 0. The minimum absolute atomic E-state index is 0.0278. The van der Waals surface area contributed by atoms with Gasteiger partial charge in [0.05, 0.1) is 25.4 Å². The summed E-state index contributed by atoms with van der Waals surface area (Å²) in [5.41, 5.74) is 0.643. The molecule has 4 aliphatic heterocycles. The minimum Gasteiger partial charge on any atom is -0.381 e. The minimum atomic E-state index is -0.158. The van der Waals surface area contributed by atoms with Crippen LogP contribution in [0.4, 0.5) is 5.69 Å². The number of rotatable bonds is 1. The maximum Gasteiger partial charge on any atom is 0.244 e. The number of ether oxygens (including phenoxy) is 1. The molecule has 4 aliphatic rings. The fraction of sp³-hybridized carbons (Fsp3) is 0.579. The van der Waals surface area contributed by atoms with Crippen LogP contribution in [-0.2, 0) is 14.3 Å². The average Bonchev–Trinajstić information content (AvgIpc) is 3.25. The van der Waals surface area contributed by atoms with E-state index in [2.05, 4.69) is 0 Å². The van der Waals surface area contributed by atoms with Crippen LogP contribution in [0.5, 0.6) is 0 Å². The third kappa shape index (κ3) is 1.72. The monoisotopic (exact) mass is 327 g/mol. The summed E-state index contributed by atoms with van der Waals surface area (Å²) in [6.45, 7) is 2.53. The van der Waals surface area contributed by atoms with E-state index in [4.69, 9.17) is 4.74 Å². The maximum atomic E-state index is 13.4. The standard InChI is InChI=1S/C19H22N2O3/c22-17-15-14-7-4-10-20(14)19(8-11-24-12-9-19)16(15)18(23)21(17)13-5-2-1-3-6-13/h1-3,5-6,14-16H,4,7-12H2/p+1/t14-,15+,16+/m1/s1. The molecule has 5 nitrogen and oxygen atoms in total. The first kappa shape index (κ1) is 14.6. The number of nitrogens with zero attached hydrogens (tertiary/aromatic N) is 1. The zero-order valence-corrected chi connectivity index (χ0v) is 13.7. The van der Waals surface area contributed by atoms with Gasteiger partial charge in [0.25, 0.3) is 0 Å². The second-order valence-corrected chi connectivity index (χ2v) is 7.64. The molecule has 1 aromatic carbocycles. The van der Waals surface area contributed by atoms with Crippen LogP contribution in [0.25, 0.3) is 0 Å². The van der Waals surface area contributed by atoms with Crippen molar-refractivity contribution in [2.75, 3.05) is 24.7 Å². The van der Waals surface area contributed by atoms with Crippen molar-refractivity contribution in [3.8, 4) is 0 Å². The van der Waals surface area contributed by atoms with Crippen LogP contribution in [0.2, 0.25) is 0 Å². The molecule has 5 rings (SSSR count). The van der Waals surface area contributed by atoms with Gasteiger partial charge < -0.3 is 9.64 Å². The molecule has 24 heavy (non-hydrogen) atoms. The van der Waals surface area contributed by atoms with Crippen molar-refractivity contribution in [2.24, 2.45) is 11.8 Å². The highest BCUT2D eigenvalue weighted by atomic mass is 16.5. The molecule has 1 N–H and O–H groups in total. The van der Waals surface area contributed by atoms with E-state index in [1.54, 1.807) is 0 Å². The predicted molar refractivity (Wildman–Crippen MR) is 87.6 cm³/mol. The van der Waals surface area contributed by atoms with Gasteiger partial charge in [-0.1, -0.05) is 18.2 Å². The summed E-state index contributed by atoms with van der Waals surface area (Å²) >= 11 is 0. The van der Waals surface area contributed by atoms with Crippen molar-refractivity contribution in [3.63, 3.8) is 0 Å². The van der Waals surface area contributed by atoms with Crippen molar-refractivity contribution < 1.29 is 19.2 Å². The number of quaternary nitrogens is 1. The van der Waals surface area contributed by atoms with E-state index >= 15 is 0 Å². The molecular weight excluding hydrogens is 304 g/mol. The highest BCUT2D eigenvalue weighted by molar-refractivity contribution is 6.22. The molecule has 0 saturated carbocycles. The molecule has 0 aliphatic carbocycles. The molecule has 1 unspecified atom stereocenters. The van der Waals surface area contributed by atoms with Gasteiger partial charge in [0.1, 0.15) is 23.4 Å². The Morgan fingerprint density at radius 3 is 2.58 bits per heavy atom. The molecule has 4 heterocycles. The largest absolute Gasteiger partial charge is 0.381 e. The van der Waals surface area contributed by atoms with Gasteiger partial charge in [-0.2, -0.15) is 0 Å². The zero-order chi connectivity index (χ0) is 16.3. The van der Waals surface area contributed by atoms with Gasteiger partial charge in [-0.15, -0.1) is 0 Å². The fourth-order valence-corrected chi connectivity index (χ4v) is 5.96. The quantitative estimate of drug-likeness (QED) is 0.760. The van der Waals surface area contributed by atoms with Crippen LogP contribution in [-0.4, -0.2) is 43.2 Å². The Bertz CT molecular complexity index is 683. The van der Waals surface area contributed by atoms with Gasteiger partial charge in [-0.25, -0.2) is 4.90 Å². The molecule has 1 aromatic rings. The predicted octanol–water partition coefficient (Wildman–Crippen LogP) is 0.402. The van der Waals surface area contributed by atoms with Gasteiger partial charge in [0, 0.05) is 25.7 Å². The first-order valence-electron chi connectivity index (χ1n) is 9.11. The number of carbonyl (C=O) groups is 2. The van der Waals surface area contributed by atoms with Crippen molar-refractivity contribution >= 4 is 17.5 Å². The van der Waals surface area contributed by atoms with Crippen LogP contribution in [0.3, 0.4) is 0 Å². The van der Waals surface area contributed by atoms with Crippen LogP contribution in [0, 0.1) is 11.8 Å². The van der Waals surface area contributed by atoms with E-state index in [-0.39, 0.29) is 29.2 Å². The number of hydrogen-bond donors (Lipinski definition) is 1. The van der Waals surface area contributed by atoms with Crippen molar-refractivity contribution in [2.45, 2.75) is 37.3 Å². The summed E-state index contributed by atoms with van der Waals surface area (Å²) in [5.74, 6) is -0.230. The maximum absolute atomic E-state index is 13.4. The van der Waals surface area contributed by atoms with Crippen molar-refractivity contribution in [3.05, 3.63) is 30.3 Å². The van der Waals surface area contributed by atoms with E-state index in [0.717, 1.165) is 31.5 Å². The Balaban J connectivity index is 1.60. The first-order chi connectivity index (χ1) is 11.7. The van der Waals surface area contributed by atoms with E-state index < -0.39 is 0 Å². The number of hydrogen-bond acceptors (Lipinski definition) is 3. The second-order valence-electron chi connectivity index (χ2n) is 7.64. The van der Waals surface area contributed by atoms with Crippen LogP contribution < -0.4 is 9.80 Å². The SMILES string of the molecule is O=C1[C@H]2[C@H]3CCC[NH+]3C3(CCOCC3)[C@@H]2C(=O)N1c1ccccc1. The molecule has 0 aromatic heterocycles. The Morgan fingerprint density at radius 2 is 1.83 bits per heavy atom. The summed E-state index contributed by atoms with van der Waals surface area (Å²) in [4.78, 5) is 29.6. The smallest absolute Gasteiger partial charge is 0.244 e. The van der Waals surface area contributed by atoms with Crippen molar-refractivity contribution in [1.82, 2.24) is 0 Å². The number of para-hydroxylation sites is 1. The highest BCUT2D eigenvalue weighted by Crippen LogP contribution is 2.47. The average molecular weight is 327 g/mol. The van der Waals surface area contributed by atoms with Gasteiger partial charge >= 0.3 is 0 Å². The second kappa shape index (κ2) is 5.14. The number of fused-ring (bicyclic) bond motifs is 5. The molecule has 126 valence electrons. The number of anilines is 1. The number of amides is 2. The molecule has 4 fully saturated rings. The molecule has 0 bridgehead atoms. The zero-order valence-electron chi connectivity index (χ0n) is 13.7. The number of nitrogens with one attached hydrogen (secondary N) is 1. The topological polar surface area (TPSA) is 51.1 Å². The van der Waals surface area contributed by atoms with Gasteiger partial charge in [0.15, 0.2) is 0 Å². The van der Waals surface area contributed by atoms with E-state index in [9.17, 15) is 9.59 Å². The fourth-order valence-electron chi connectivity index (χ4n) is 5.96. The lowest BCUT2D eigenvalue weighted by molar-refractivity contribution is -0.954. The molecule has 4 atom stereocenters. The van der Waals surface area contributed by atoms with Crippen molar-refractivity contribution in [1.29, 1.82) is 0 Å². The number of imide groups is 1. The highest BCUT2D eigenvalue weighted by Gasteiger charge is 2.72. The molecule has 1 spiro atoms. The van der Waals surface area contributed by atoms with Crippen LogP contribution in [0.15, 0.2) is 30.3 Å². The molecule has 0 radical (unpaired) electrons. The Kier molecular flexibility index (Phi) is 3.13. The Hall–Kier alpha value is -1.72. The van der Waals surface area contributed by atoms with Gasteiger partial charge in [-0.3, -0.25) is 9.59 Å². The first-order valence-corrected chi connectivity index (χ1v) is 9.11. The van der Waals surface area contributed by atoms with E-state index in [1.165, 1.54) is 16.2 Å². The van der Waals surface area contributed by atoms with Gasteiger partial charge in [-0.05, 0) is 12.1 Å². The summed E-state index contributed by atoms with van der Waals surface area (Å²) in [7, 11) is 0. The molecule has 2 amide bonds. The summed E-state index contributed by atoms with van der Waals surface area (Å²) < 4.78 is 5.60. The Labute approximate surface area is 141 Å². The summed E-state index contributed by atoms with van der Waals surface area (Å²) in [6, 6.07) is 9.75. The number of benzene rings is 1. The summed E-state index contributed by atoms with van der Waals surface area (Å²) in [6.07, 6.45) is 4.04. The lowest BCUT2D eigenvalue weighted by Crippen LogP contribution is -3.20. The lowest BCUT2D eigenvalue weighted by Gasteiger charge is -2.41. The normalized spacial score (nSPS) is 37.1. The molecule has 5 heteroatoms. The third-order valence-corrected chi connectivity index (χ3v) is 6.83. The Morgan fingerprint density at radius 1 is 1.08 bits per heavy atom. The van der Waals surface area contributed by atoms with Crippen LogP contribution >= 0.6 is 0 Å². The molecule has 4 saturated heterocycles.